The van der Waals surface area contributed by atoms with Gasteiger partial charge in [-0.15, -0.1) is 0 Å². The van der Waals surface area contributed by atoms with E-state index in [9.17, 15) is 14.4 Å². The molecule has 1 aliphatic rings. The quantitative estimate of drug-likeness (QED) is 0.573. The summed E-state index contributed by atoms with van der Waals surface area (Å²) in [5.74, 6) is -0.989. The number of hydrogen-bond acceptors (Lipinski definition) is 5. The van der Waals surface area contributed by atoms with Gasteiger partial charge in [0.1, 0.15) is 17.5 Å². The maximum absolute atomic E-state index is 11.8. The molecular formula is C11H12N4O5. The molecule has 1 aromatic rings. The predicted octanol–water partition coefficient (Wildman–Crippen LogP) is -0.707. The van der Waals surface area contributed by atoms with Crippen LogP contribution in [-0.2, 0) is 9.59 Å². The van der Waals surface area contributed by atoms with E-state index in [0.717, 1.165) is 0 Å². The van der Waals surface area contributed by atoms with Gasteiger partial charge in [-0.2, -0.15) is 0 Å². The average molecular weight is 280 g/mol. The Morgan fingerprint density at radius 1 is 1.60 bits per heavy atom. The second-order valence-electron chi connectivity index (χ2n) is 4.11. The number of nitrogens with one attached hydrogen (secondary N) is 2. The van der Waals surface area contributed by atoms with Crippen LogP contribution in [0.5, 0.6) is 5.75 Å². The Bertz CT molecular complexity index is 561. The highest BCUT2D eigenvalue weighted by molar-refractivity contribution is 5.98. The van der Waals surface area contributed by atoms with Crippen LogP contribution >= 0.6 is 0 Å². The van der Waals surface area contributed by atoms with Crippen molar-refractivity contribution < 1.29 is 24.2 Å². The molecule has 0 unspecified atom stereocenters. The molecule has 0 aliphatic carbocycles. The predicted molar refractivity (Wildman–Crippen MR) is 66.0 cm³/mol. The van der Waals surface area contributed by atoms with Crippen molar-refractivity contribution in [2.24, 2.45) is 5.73 Å². The first kappa shape index (κ1) is 13.6. The second kappa shape index (κ2) is 5.43. The number of anilines is 1. The number of fused-ring (bicyclic) bond motifs is 1. The molecule has 0 aromatic carbocycles. The van der Waals surface area contributed by atoms with Crippen LogP contribution in [0.25, 0.3) is 0 Å². The Morgan fingerprint density at radius 2 is 2.35 bits per heavy atom. The fourth-order valence-corrected chi connectivity index (χ4v) is 1.76. The maximum atomic E-state index is 11.8. The summed E-state index contributed by atoms with van der Waals surface area (Å²) in [5.41, 5.74) is 5.49. The number of pyridine rings is 1. The Labute approximate surface area is 113 Å². The van der Waals surface area contributed by atoms with Gasteiger partial charge in [-0.3, -0.25) is 14.6 Å². The van der Waals surface area contributed by atoms with Gasteiger partial charge in [-0.25, -0.2) is 4.79 Å². The SMILES string of the molecule is NC(=O)[C@H](C[C@@H]1Oc2ccncc2NC1=O)NC(=O)O. The van der Waals surface area contributed by atoms with Crippen LogP contribution in [0.4, 0.5) is 10.5 Å². The second-order valence-corrected chi connectivity index (χ2v) is 4.11. The summed E-state index contributed by atoms with van der Waals surface area (Å²) in [7, 11) is 0. The number of aromatic nitrogens is 1. The number of nitrogens with zero attached hydrogens (tertiary/aromatic N) is 1. The molecule has 0 saturated carbocycles. The number of carbonyl (C=O) groups excluding carboxylic acids is 2. The van der Waals surface area contributed by atoms with Gasteiger partial charge >= 0.3 is 6.09 Å². The fourth-order valence-electron chi connectivity index (χ4n) is 1.76. The largest absolute Gasteiger partial charge is 0.478 e. The Balaban J connectivity index is 2.11. The van der Waals surface area contributed by atoms with Crippen LogP contribution < -0.4 is 21.1 Å². The van der Waals surface area contributed by atoms with Crippen LogP contribution in [-0.4, -0.2) is 40.1 Å². The lowest BCUT2D eigenvalue weighted by atomic mass is 10.1. The number of carbonyl (C=O) groups is 3. The smallest absolute Gasteiger partial charge is 0.405 e. The molecule has 0 saturated heterocycles. The molecule has 2 heterocycles. The van der Waals surface area contributed by atoms with Crippen molar-refractivity contribution in [1.29, 1.82) is 0 Å². The number of hydrogen-bond donors (Lipinski definition) is 4. The van der Waals surface area contributed by atoms with Gasteiger partial charge in [-0.1, -0.05) is 0 Å². The molecule has 1 aromatic heterocycles. The summed E-state index contributed by atoms with van der Waals surface area (Å²) in [4.78, 5) is 37.4. The van der Waals surface area contributed by atoms with Gasteiger partial charge < -0.3 is 26.2 Å². The third-order valence-corrected chi connectivity index (χ3v) is 2.69. The third-order valence-electron chi connectivity index (χ3n) is 2.69. The molecule has 2 atom stereocenters. The highest BCUT2D eigenvalue weighted by Gasteiger charge is 2.32. The summed E-state index contributed by atoms with van der Waals surface area (Å²) in [6.45, 7) is 0. The minimum atomic E-state index is -1.41. The van der Waals surface area contributed by atoms with Crippen molar-refractivity contribution in [2.45, 2.75) is 18.6 Å². The summed E-state index contributed by atoms with van der Waals surface area (Å²) in [6.07, 6.45) is 0.276. The number of nitrogens with two attached hydrogens (primary N) is 1. The van der Waals surface area contributed by atoms with Crippen LogP contribution in [0.3, 0.4) is 0 Å². The van der Waals surface area contributed by atoms with E-state index in [1.807, 2.05) is 5.32 Å². The van der Waals surface area contributed by atoms with Gasteiger partial charge in [0.15, 0.2) is 6.10 Å². The Kier molecular flexibility index (Phi) is 3.69. The Hall–Kier alpha value is -2.84. The van der Waals surface area contributed by atoms with Crippen molar-refractivity contribution in [2.75, 3.05) is 5.32 Å². The lowest BCUT2D eigenvalue weighted by Crippen LogP contribution is -2.49. The molecular weight excluding hydrogens is 268 g/mol. The van der Waals surface area contributed by atoms with E-state index in [1.54, 1.807) is 6.07 Å². The first-order chi connectivity index (χ1) is 9.47. The molecule has 0 fully saturated rings. The zero-order valence-electron chi connectivity index (χ0n) is 10.2. The first-order valence-corrected chi connectivity index (χ1v) is 5.67. The van der Waals surface area contributed by atoms with E-state index in [4.69, 9.17) is 15.6 Å². The molecule has 2 rings (SSSR count). The number of carboxylic acid groups (broad SMARTS) is 1. The number of primary amides is 1. The van der Waals surface area contributed by atoms with Gasteiger partial charge in [-0.05, 0) is 0 Å². The van der Waals surface area contributed by atoms with Gasteiger partial charge in [0.05, 0.1) is 6.20 Å². The van der Waals surface area contributed by atoms with Crippen LogP contribution in [0.1, 0.15) is 6.42 Å². The van der Waals surface area contributed by atoms with Crippen molar-refractivity contribution in [3.63, 3.8) is 0 Å². The number of ether oxygens (including phenoxy) is 1. The van der Waals surface area contributed by atoms with Crippen molar-refractivity contribution in [3.8, 4) is 5.75 Å². The highest BCUT2D eigenvalue weighted by atomic mass is 16.5. The number of amides is 3. The van der Waals surface area contributed by atoms with Crippen molar-refractivity contribution in [1.82, 2.24) is 10.3 Å². The summed E-state index contributed by atoms with van der Waals surface area (Å²) in [5, 5.41) is 13.1. The van der Waals surface area contributed by atoms with Crippen LogP contribution in [0.15, 0.2) is 18.5 Å². The van der Waals surface area contributed by atoms with E-state index >= 15 is 0 Å². The first-order valence-electron chi connectivity index (χ1n) is 5.67. The topological polar surface area (TPSA) is 144 Å². The molecule has 20 heavy (non-hydrogen) atoms. The zero-order chi connectivity index (χ0) is 14.7. The van der Waals surface area contributed by atoms with Crippen LogP contribution in [0, 0.1) is 0 Å². The summed E-state index contributed by atoms with van der Waals surface area (Å²) in [6, 6.07) is 0.331. The maximum Gasteiger partial charge on any atom is 0.405 e. The summed E-state index contributed by atoms with van der Waals surface area (Å²) >= 11 is 0. The van der Waals surface area contributed by atoms with Crippen molar-refractivity contribution >= 4 is 23.6 Å². The standard InChI is InChI=1S/C11H12N4O5/c12-9(16)5(15-11(18)19)3-8-10(17)14-6-4-13-2-1-7(6)20-8/h1-2,4-5,8,15H,3H2,(H2,12,16)(H,14,17)(H,18,19)/t5-,8-/m0/s1. The number of rotatable bonds is 4. The Morgan fingerprint density at radius 3 is 3.00 bits per heavy atom. The monoisotopic (exact) mass is 280 g/mol. The summed E-state index contributed by atoms with van der Waals surface area (Å²) < 4.78 is 5.41. The molecule has 9 heteroatoms. The fraction of sp³-hybridized carbons (Fsp3) is 0.273. The minimum Gasteiger partial charge on any atom is -0.478 e. The molecule has 1 aliphatic heterocycles. The molecule has 3 amide bonds. The van der Waals surface area contributed by atoms with Gasteiger partial charge in [0.2, 0.25) is 5.91 Å². The van der Waals surface area contributed by atoms with Crippen molar-refractivity contribution in [3.05, 3.63) is 18.5 Å². The van der Waals surface area contributed by atoms with E-state index < -0.39 is 30.1 Å². The molecule has 0 spiro atoms. The average Bonchev–Trinajstić information content (AvgIpc) is 2.38. The van der Waals surface area contributed by atoms with E-state index in [2.05, 4.69) is 10.3 Å². The molecule has 106 valence electrons. The minimum absolute atomic E-state index is 0.199. The van der Waals surface area contributed by atoms with Gasteiger partial charge in [0.25, 0.3) is 5.91 Å². The van der Waals surface area contributed by atoms with E-state index in [1.165, 1.54) is 12.4 Å². The molecule has 9 nitrogen and oxygen atoms in total. The van der Waals surface area contributed by atoms with E-state index in [0.29, 0.717) is 11.4 Å². The molecule has 0 bridgehead atoms. The third kappa shape index (κ3) is 2.94. The highest BCUT2D eigenvalue weighted by Crippen LogP contribution is 2.28. The van der Waals surface area contributed by atoms with Gasteiger partial charge in [0, 0.05) is 18.7 Å². The van der Waals surface area contributed by atoms with E-state index in [-0.39, 0.29) is 6.42 Å². The lowest BCUT2D eigenvalue weighted by Gasteiger charge is -2.27. The van der Waals surface area contributed by atoms with Crippen LogP contribution in [0.2, 0.25) is 0 Å². The molecule has 5 N–H and O–H groups in total. The molecule has 0 radical (unpaired) electrons. The normalized spacial score (nSPS) is 18.2. The zero-order valence-corrected chi connectivity index (χ0v) is 10.2. The lowest BCUT2D eigenvalue weighted by molar-refractivity contribution is -0.125.